The quantitative estimate of drug-likeness (QED) is 0.193. The number of allylic oxidation sites excluding steroid dienone is 2. The number of amides is 3. The predicted octanol–water partition coefficient (Wildman–Crippen LogP) is 6.31. The number of ether oxygens (including phenoxy) is 1. The average Bonchev–Trinajstić information content (AvgIpc) is 4.02. The Kier molecular flexibility index (Phi) is 11.6. The van der Waals surface area contributed by atoms with Crippen molar-refractivity contribution in [2.45, 2.75) is 104 Å². The molecule has 4 aliphatic rings. The molecule has 2 saturated heterocycles. The van der Waals surface area contributed by atoms with Crippen LogP contribution in [0.4, 0.5) is 4.79 Å². The number of aliphatic hydroxyl groups is 1. The van der Waals surface area contributed by atoms with Gasteiger partial charge in [-0.15, -0.1) is 0 Å². The number of aliphatic imine (C=N–C) groups is 2. The second-order valence-electron chi connectivity index (χ2n) is 16.4. The minimum absolute atomic E-state index is 0.00969. The van der Waals surface area contributed by atoms with Crippen molar-refractivity contribution in [3.05, 3.63) is 59.3 Å². The lowest BCUT2D eigenvalue weighted by Gasteiger charge is -2.31. The molecule has 2 N–H and O–H groups in total. The Morgan fingerprint density at radius 1 is 0.804 bits per heavy atom. The van der Waals surface area contributed by atoms with E-state index in [1.54, 1.807) is 0 Å². The summed E-state index contributed by atoms with van der Waals surface area (Å²) in [7, 11) is 1.29. The fourth-order valence-electron chi connectivity index (χ4n) is 8.69. The molecule has 3 amide bonds. The maximum absolute atomic E-state index is 13.6. The third-order valence-electron chi connectivity index (χ3n) is 11.7. The fourth-order valence-corrected chi connectivity index (χ4v) is 8.69. The van der Waals surface area contributed by atoms with E-state index in [1.165, 1.54) is 7.11 Å². The molecule has 4 unspecified atom stereocenters. The molecule has 2 aromatic heterocycles. The second kappa shape index (κ2) is 16.6. The molecule has 0 aliphatic carbocycles. The van der Waals surface area contributed by atoms with Crippen molar-refractivity contribution in [3.63, 3.8) is 0 Å². The van der Waals surface area contributed by atoms with Gasteiger partial charge in [-0.05, 0) is 66.9 Å². The smallest absolute Gasteiger partial charge is 0.407 e. The van der Waals surface area contributed by atoms with E-state index in [0.29, 0.717) is 38.8 Å². The summed E-state index contributed by atoms with van der Waals surface area (Å²) in [6, 6.07) is 7.30. The zero-order chi connectivity index (χ0) is 39.7. The van der Waals surface area contributed by atoms with Gasteiger partial charge in [-0.2, -0.15) is 0 Å². The van der Waals surface area contributed by atoms with E-state index in [4.69, 9.17) is 23.6 Å². The average molecular weight is 768 g/mol. The number of aliphatic hydroxyl groups excluding tert-OH is 1. The van der Waals surface area contributed by atoms with Crippen molar-refractivity contribution in [1.82, 2.24) is 15.1 Å². The lowest BCUT2D eigenvalue weighted by Crippen LogP contribution is -2.53. The molecule has 0 spiro atoms. The number of fused-ring (bicyclic) bond motifs is 2. The second-order valence-corrected chi connectivity index (χ2v) is 16.4. The molecule has 1 aromatic carbocycles. The Bertz CT molecular complexity index is 1940. The van der Waals surface area contributed by atoms with E-state index in [1.807, 2.05) is 56.0 Å². The number of benzene rings is 1. The minimum Gasteiger partial charge on any atom is -0.461 e. The molecule has 4 aliphatic heterocycles. The highest BCUT2D eigenvalue weighted by atomic mass is 16.5. The molecular weight excluding hydrogens is 715 g/mol. The molecule has 0 radical (unpaired) electrons. The Hall–Kier alpha value is -5.04. The Morgan fingerprint density at radius 2 is 1.34 bits per heavy atom. The van der Waals surface area contributed by atoms with Gasteiger partial charge in [0.2, 0.25) is 11.8 Å². The van der Waals surface area contributed by atoms with E-state index in [-0.39, 0.29) is 47.9 Å². The molecule has 7 rings (SSSR count). The molecule has 4 atom stereocenters. The van der Waals surface area contributed by atoms with Gasteiger partial charge in [0.15, 0.2) is 5.78 Å². The van der Waals surface area contributed by atoms with Crippen LogP contribution in [-0.2, 0) is 32.0 Å². The zero-order valence-electron chi connectivity index (χ0n) is 33.0. The van der Waals surface area contributed by atoms with Crippen molar-refractivity contribution in [2.75, 3.05) is 26.8 Å². The number of methoxy groups -OCH3 is 1. The zero-order valence-corrected chi connectivity index (χ0v) is 33.0. The summed E-state index contributed by atoms with van der Waals surface area (Å²) in [5.74, 6) is 0.666. The topological polar surface area (TPSA) is 167 Å². The molecule has 13 heteroatoms. The van der Waals surface area contributed by atoms with E-state index in [2.05, 4.69) is 23.5 Å². The first kappa shape index (κ1) is 39.2. The molecule has 13 nitrogen and oxygen atoms in total. The molecule has 0 bridgehead atoms. The number of carbonyl (C=O) groups excluding carboxylic acids is 4. The molecule has 6 heterocycles. The SMILES string of the molecule is COC(=O)NC(C(=O)N1CCCC1C1=NC=C(Cc2cc3cc4cc(CC5=CN=C(C6CCCN6C(=O)C(CC(=O)CO)C(C)C)C5)oc4cc3o2)C1)C(C)C. The monoisotopic (exact) mass is 767 g/mol. The van der Waals surface area contributed by atoms with Gasteiger partial charge in [-0.3, -0.25) is 24.4 Å². The van der Waals surface area contributed by atoms with Gasteiger partial charge in [0.05, 0.1) is 19.2 Å². The van der Waals surface area contributed by atoms with Crippen LogP contribution < -0.4 is 5.32 Å². The van der Waals surface area contributed by atoms with Crippen molar-refractivity contribution in [1.29, 1.82) is 0 Å². The van der Waals surface area contributed by atoms with Crippen molar-refractivity contribution in [2.24, 2.45) is 27.7 Å². The van der Waals surface area contributed by atoms with Gasteiger partial charge in [-0.1, -0.05) is 27.7 Å². The number of hydrogen-bond donors (Lipinski definition) is 2. The molecule has 3 aromatic rings. The first-order valence-electron chi connectivity index (χ1n) is 19.9. The lowest BCUT2D eigenvalue weighted by atomic mass is 9.89. The van der Waals surface area contributed by atoms with E-state index >= 15 is 0 Å². The number of furan rings is 2. The number of nitrogens with one attached hydrogen (secondary N) is 1. The largest absolute Gasteiger partial charge is 0.461 e. The van der Waals surface area contributed by atoms with Gasteiger partial charge in [0, 0.05) is 91.8 Å². The molecule has 56 heavy (non-hydrogen) atoms. The highest BCUT2D eigenvalue weighted by Gasteiger charge is 2.40. The van der Waals surface area contributed by atoms with Crippen molar-refractivity contribution < 1.29 is 37.9 Å². The van der Waals surface area contributed by atoms with Gasteiger partial charge in [-0.25, -0.2) is 4.79 Å². The lowest BCUT2D eigenvalue weighted by molar-refractivity contribution is -0.140. The molecule has 2 fully saturated rings. The van der Waals surface area contributed by atoms with Crippen LogP contribution in [0.2, 0.25) is 0 Å². The predicted molar refractivity (Wildman–Crippen MR) is 212 cm³/mol. The summed E-state index contributed by atoms with van der Waals surface area (Å²) >= 11 is 0. The Labute approximate surface area is 326 Å². The Balaban J connectivity index is 0.942. The number of alkyl carbamates (subject to hydrolysis) is 1. The van der Waals surface area contributed by atoms with E-state index in [0.717, 1.165) is 81.7 Å². The third kappa shape index (κ3) is 8.23. The number of ketones is 1. The van der Waals surface area contributed by atoms with E-state index < -0.39 is 24.7 Å². The molecular formula is C43H53N5O8. The number of nitrogens with zero attached hydrogens (tertiary/aromatic N) is 4. The number of carbonyl (C=O) groups is 4. The maximum Gasteiger partial charge on any atom is 0.407 e. The van der Waals surface area contributed by atoms with Crippen LogP contribution in [0.15, 0.2) is 66.6 Å². The standard InChI is InChI=1S/C43H53N5O8/c1-24(2)33(19-30(50)23-49)41(51)47-10-6-8-36(47)34-14-26(21-44-34)12-31-17-28-16-29-18-32(56-39(29)20-38(28)55-31)13-27-15-35(45-22-27)37-9-7-11-48(37)42(52)40(25(3)4)46-43(53)54-5/h16-18,20-22,24-25,33,36-37,40,49H,6-15,19,23H2,1-5H3,(H,46,53). The summed E-state index contributed by atoms with van der Waals surface area (Å²) < 4.78 is 17.4. The van der Waals surface area contributed by atoms with Gasteiger partial charge in [0.25, 0.3) is 0 Å². The van der Waals surface area contributed by atoms with E-state index in [9.17, 15) is 24.3 Å². The van der Waals surface area contributed by atoms with Crippen molar-refractivity contribution in [3.8, 4) is 0 Å². The fraction of sp³-hybridized carbons (Fsp3) is 0.535. The summed E-state index contributed by atoms with van der Waals surface area (Å²) in [5, 5.41) is 14.0. The normalized spacial score (nSPS) is 20.9. The number of Topliss-reactive ketones (excluding diaryl/α,β-unsaturated/α-hetero) is 1. The summed E-state index contributed by atoms with van der Waals surface area (Å²) in [4.78, 5) is 64.4. The number of likely N-dealkylation sites (tertiary alicyclic amines) is 2. The van der Waals surface area contributed by atoms with Gasteiger partial charge >= 0.3 is 6.09 Å². The first-order chi connectivity index (χ1) is 26.9. The van der Waals surface area contributed by atoms with Crippen LogP contribution >= 0.6 is 0 Å². The van der Waals surface area contributed by atoms with Crippen LogP contribution in [0.1, 0.15) is 84.2 Å². The van der Waals surface area contributed by atoms with Gasteiger partial charge in [0.1, 0.15) is 35.3 Å². The number of hydrogen-bond acceptors (Lipinski definition) is 10. The minimum atomic E-state index is -0.667. The summed E-state index contributed by atoms with van der Waals surface area (Å²) in [5.41, 5.74) is 5.66. The molecule has 0 saturated carbocycles. The van der Waals surface area contributed by atoms with Crippen LogP contribution in [0.5, 0.6) is 0 Å². The first-order valence-corrected chi connectivity index (χ1v) is 19.9. The third-order valence-corrected chi connectivity index (χ3v) is 11.7. The van der Waals surface area contributed by atoms with Crippen LogP contribution in [0.3, 0.4) is 0 Å². The molecule has 298 valence electrons. The van der Waals surface area contributed by atoms with Crippen LogP contribution in [-0.4, -0.2) is 95.0 Å². The van der Waals surface area contributed by atoms with Crippen molar-refractivity contribution >= 4 is 57.1 Å². The van der Waals surface area contributed by atoms with Crippen LogP contribution in [0.25, 0.3) is 21.9 Å². The van der Waals surface area contributed by atoms with Gasteiger partial charge < -0.3 is 33.8 Å². The highest BCUT2D eigenvalue weighted by molar-refractivity contribution is 5.99. The summed E-state index contributed by atoms with van der Waals surface area (Å²) in [6.07, 6.45) is 9.23. The van der Waals surface area contributed by atoms with Crippen LogP contribution in [0, 0.1) is 17.8 Å². The maximum atomic E-state index is 13.6. The highest BCUT2D eigenvalue weighted by Crippen LogP contribution is 2.34. The Morgan fingerprint density at radius 3 is 1.82 bits per heavy atom. The summed E-state index contributed by atoms with van der Waals surface area (Å²) in [6.45, 7) is 8.44. The number of rotatable bonds is 14.